The van der Waals surface area contributed by atoms with Crippen molar-refractivity contribution in [3.63, 3.8) is 0 Å². The Kier molecular flexibility index (Phi) is 4.94. The smallest absolute Gasteiger partial charge is 0.407 e. The van der Waals surface area contributed by atoms with E-state index in [1.807, 2.05) is 0 Å². The summed E-state index contributed by atoms with van der Waals surface area (Å²) in [6.07, 6.45) is -3.42. The van der Waals surface area contributed by atoms with Crippen LogP contribution in [-0.4, -0.2) is 21.5 Å². The van der Waals surface area contributed by atoms with Gasteiger partial charge in [0.2, 0.25) is 11.7 Å². The van der Waals surface area contributed by atoms with E-state index in [1.54, 1.807) is 0 Å². The topological polar surface area (TPSA) is 61.2 Å². The Morgan fingerprint density at radius 2 is 1.84 bits per heavy atom. The molecule has 5 nitrogen and oxygen atoms in total. The van der Waals surface area contributed by atoms with Crippen LogP contribution in [0.25, 0.3) is 0 Å². The van der Waals surface area contributed by atoms with E-state index in [4.69, 9.17) is 16.3 Å². The average Bonchev–Trinajstić information content (AvgIpc) is 2.81. The summed E-state index contributed by atoms with van der Waals surface area (Å²) in [5, 5.41) is 3.54. The first-order valence-electron chi connectivity index (χ1n) is 7.07. The molecule has 0 aliphatic carbocycles. The fraction of sp³-hybridized carbons (Fsp3) is 0.312. The summed E-state index contributed by atoms with van der Waals surface area (Å²) >= 11 is 6.03. The van der Waals surface area contributed by atoms with E-state index in [9.17, 15) is 22.8 Å². The lowest BCUT2D eigenvalue weighted by Crippen LogP contribution is -2.14. The molecule has 0 aliphatic rings. The molecule has 0 aliphatic heterocycles. The highest BCUT2D eigenvalue weighted by molar-refractivity contribution is 6.36. The van der Waals surface area contributed by atoms with Crippen molar-refractivity contribution in [2.45, 2.75) is 26.9 Å². The number of hydrogen-bond acceptors (Lipinski definition) is 4. The van der Waals surface area contributed by atoms with Crippen LogP contribution in [0.5, 0.6) is 5.88 Å². The lowest BCUT2D eigenvalue weighted by atomic mass is 9.95. The Balaban J connectivity index is 2.61. The van der Waals surface area contributed by atoms with Crippen LogP contribution in [0, 0.1) is 13.8 Å². The molecule has 0 unspecified atom stereocenters. The van der Waals surface area contributed by atoms with E-state index in [1.165, 1.54) is 31.8 Å². The van der Waals surface area contributed by atoms with E-state index < -0.39 is 23.5 Å². The third-order valence-electron chi connectivity index (χ3n) is 3.59. The number of aromatic nitrogens is 2. The maximum atomic E-state index is 13.1. The monoisotopic (exact) mass is 374 g/mol. The molecule has 0 radical (unpaired) electrons. The number of alkyl halides is 3. The highest BCUT2D eigenvalue weighted by Crippen LogP contribution is 2.39. The molecule has 0 fully saturated rings. The predicted molar refractivity (Wildman–Crippen MR) is 83.9 cm³/mol. The molecule has 0 bridgehead atoms. The third-order valence-corrected chi connectivity index (χ3v) is 4.08. The maximum Gasteiger partial charge on any atom is 0.416 e. The summed E-state index contributed by atoms with van der Waals surface area (Å²) in [6.45, 7) is 3.60. The number of ketones is 1. The van der Waals surface area contributed by atoms with Crippen molar-refractivity contribution in [1.29, 1.82) is 0 Å². The molecule has 0 spiro atoms. The number of aryl methyl sites for hydroxylation is 2. The Morgan fingerprint density at radius 3 is 2.36 bits per heavy atom. The molecule has 2 aromatic rings. The Hall–Kier alpha value is -2.35. The molecule has 25 heavy (non-hydrogen) atoms. The van der Waals surface area contributed by atoms with Gasteiger partial charge in [0.05, 0.1) is 16.8 Å². The number of halogens is 4. The van der Waals surface area contributed by atoms with Crippen molar-refractivity contribution in [2.24, 2.45) is 7.05 Å². The number of benzene rings is 1. The molecule has 0 N–H and O–H groups in total. The molecular formula is C16H14ClF3N2O3. The predicted octanol–water partition coefficient (Wildman–Crippen LogP) is 3.87. The molecule has 134 valence electrons. The normalized spacial score (nSPS) is 11.5. The van der Waals surface area contributed by atoms with Gasteiger partial charge in [0, 0.05) is 19.5 Å². The second-order valence-corrected chi connectivity index (χ2v) is 5.84. The van der Waals surface area contributed by atoms with Crippen LogP contribution in [-0.2, 0) is 18.0 Å². The largest absolute Gasteiger partial charge is 0.416 e. The van der Waals surface area contributed by atoms with Crippen LogP contribution in [0.3, 0.4) is 0 Å². The van der Waals surface area contributed by atoms with Crippen molar-refractivity contribution >= 4 is 23.4 Å². The summed E-state index contributed by atoms with van der Waals surface area (Å²) in [4.78, 5) is 23.9. The summed E-state index contributed by atoms with van der Waals surface area (Å²) in [5.41, 5.74) is -1.43. The minimum atomic E-state index is -4.59. The second-order valence-electron chi connectivity index (χ2n) is 5.46. The molecule has 0 saturated carbocycles. The average molecular weight is 375 g/mol. The van der Waals surface area contributed by atoms with Crippen molar-refractivity contribution in [2.75, 3.05) is 0 Å². The second kappa shape index (κ2) is 6.51. The Morgan fingerprint density at radius 1 is 1.24 bits per heavy atom. The molecule has 0 atom stereocenters. The van der Waals surface area contributed by atoms with E-state index in [2.05, 4.69) is 5.10 Å². The van der Waals surface area contributed by atoms with Crippen molar-refractivity contribution in [1.82, 2.24) is 9.78 Å². The molecular weight excluding hydrogens is 361 g/mol. The number of rotatable bonds is 3. The van der Waals surface area contributed by atoms with Gasteiger partial charge in [-0.25, -0.2) is 4.68 Å². The molecule has 1 aromatic heterocycles. The van der Waals surface area contributed by atoms with Crippen molar-refractivity contribution < 1.29 is 27.5 Å². The summed E-state index contributed by atoms with van der Waals surface area (Å²) in [6, 6.07) is 1.07. The van der Waals surface area contributed by atoms with E-state index in [0.717, 1.165) is 13.0 Å². The van der Waals surface area contributed by atoms with Crippen LogP contribution in [0.4, 0.5) is 13.2 Å². The number of nitrogens with zero attached hydrogens (tertiary/aromatic N) is 2. The molecule has 1 aromatic carbocycles. The van der Waals surface area contributed by atoms with Crippen molar-refractivity contribution in [3.05, 3.63) is 45.1 Å². The fourth-order valence-electron chi connectivity index (χ4n) is 2.55. The van der Waals surface area contributed by atoms with E-state index in [-0.39, 0.29) is 33.2 Å². The van der Waals surface area contributed by atoms with Gasteiger partial charge in [-0.05, 0) is 31.0 Å². The lowest BCUT2D eigenvalue weighted by Gasteiger charge is -2.17. The highest BCUT2D eigenvalue weighted by Gasteiger charge is 2.36. The summed E-state index contributed by atoms with van der Waals surface area (Å²) < 4.78 is 45.6. The number of carbonyl (C=O) groups excluding carboxylic acids is 2. The zero-order chi connectivity index (χ0) is 19.1. The van der Waals surface area contributed by atoms with Crippen LogP contribution in [0.15, 0.2) is 12.3 Å². The van der Waals surface area contributed by atoms with Gasteiger partial charge in [0.15, 0.2) is 0 Å². The third kappa shape index (κ3) is 3.53. The Bertz CT molecular complexity index is 872. The summed E-state index contributed by atoms with van der Waals surface area (Å²) in [5.74, 6) is -1.46. The minimum absolute atomic E-state index is 0.0711. The first kappa shape index (κ1) is 19.0. The first-order valence-corrected chi connectivity index (χ1v) is 7.45. The van der Waals surface area contributed by atoms with Crippen LogP contribution in [0.1, 0.15) is 39.5 Å². The standard InChI is InChI=1S/C16H14ClF3N2O3/c1-7-5-10(13(17)8(2)12(7)16(18,19)20)14(24)11-6-21-22(4)15(11)25-9(3)23/h5-6H,1-4H3. The molecule has 1 heterocycles. The number of carbonyl (C=O) groups is 2. The van der Waals surface area contributed by atoms with Crippen LogP contribution >= 0.6 is 11.6 Å². The zero-order valence-corrected chi connectivity index (χ0v) is 14.5. The van der Waals surface area contributed by atoms with Gasteiger partial charge in [-0.1, -0.05) is 11.6 Å². The maximum absolute atomic E-state index is 13.1. The van der Waals surface area contributed by atoms with Gasteiger partial charge in [-0.3, -0.25) is 9.59 Å². The lowest BCUT2D eigenvalue weighted by molar-refractivity contribution is -0.138. The number of esters is 1. The summed E-state index contributed by atoms with van der Waals surface area (Å²) in [7, 11) is 1.46. The van der Waals surface area contributed by atoms with Gasteiger partial charge in [0.25, 0.3) is 0 Å². The van der Waals surface area contributed by atoms with Crippen LogP contribution in [0.2, 0.25) is 5.02 Å². The van der Waals surface area contributed by atoms with E-state index >= 15 is 0 Å². The van der Waals surface area contributed by atoms with E-state index in [0.29, 0.717) is 0 Å². The van der Waals surface area contributed by atoms with Gasteiger partial charge < -0.3 is 4.74 Å². The van der Waals surface area contributed by atoms with Crippen LogP contribution < -0.4 is 4.74 Å². The molecule has 0 saturated heterocycles. The first-order chi connectivity index (χ1) is 11.4. The van der Waals surface area contributed by atoms with Crippen molar-refractivity contribution in [3.8, 4) is 5.88 Å². The van der Waals surface area contributed by atoms with Gasteiger partial charge in [-0.15, -0.1) is 0 Å². The molecule has 2 rings (SSSR count). The SMILES string of the molecule is CC(=O)Oc1c(C(=O)c2cc(C)c(C(F)(F)F)c(C)c2Cl)cnn1C. The Labute approximate surface area is 146 Å². The quantitative estimate of drug-likeness (QED) is 0.604. The zero-order valence-electron chi connectivity index (χ0n) is 13.8. The minimum Gasteiger partial charge on any atom is -0.407 e. The van der Waals surface area contributed by atoms with Gasteiger partial charge in [0.1, 0.15) is 5.56 Å². The number of hydrogen-bond donors (Lipinski definition) is 0. The molecule has 9 heteroatoms. The molecule has 0 amide bonds. The fourth-order valence-corrected chi connectivity index (χ4v) is 2.78. The highest BCUT2D eigenvalue weighted by atomic mass is 35.5. The van der Waals surface area contributed by atoms with Gasteiger partial charge >= 0.3 is 12.1 Å². The number of ether oxygens (including phenoxy) is 1. The van der Waals surface area contributed by atoms with Gasteiger partial charge in [-0.2, -0.15) is 18.3 Å².